The first kappa shape index (κ1) is 13.3. The number of thioether (sulfide) groups is 1. The molecule has 1 N–H and O–H groups in total. The van der Waals surface area contributed by atoms with Gasteiger partial charge >= 0.3 is 0 Å². The molecule has 0 fully saturated rings. The van der Waals surface area contributed by atoms with Crippen molar-refractivity contribution in [1.82, 2.24) is 5.32 Å². The zero-order chi connectivity index (χ0) is 13.6. The van der Waals surface area contributed by atoms with E-state index in [1.807, 2.05) is 17.8 Å². The summed E-state index contributed by atoms with van der Waals surface area (Å²) < 4.78 is 5.04. The first-order valence-electron chi connectivity index (χ1n) is 6.75. The molecule has 0 atom stereocenters. The monoisotopic (exact) mass is 283 g/mol. The van der Waals surface area contributed by atoms with E-state index in [1.54, 1.807) is 12.5 Å². The Balaban J connectivity index is 1.47. The van der Waals surface area contributed by atoms with E-state index in [-0.39, 0.29) is 0 Å². The largest absolute Gasteiger partial charge is 0.472 e. The smallest absolute Gasteiger partial charge is 0.0947 e. The third-order valence-corrected chi connectivity index (χ3v) is 4.17. The van der Waals surface area contributed by atoms with Crippen LogP contribution in [0.5, 0.6) is 0 Å². The minimum Gasteiger partial charge on any atom is -0.472 e. The Morgan fingerprint density at radius 3 is 2.75 bits per heavy atom. The fraction of sp³-hybridized carbons (Fsp3) is 0.176. The Hall–Kier alpha value is -1.71. The van der Waals surface area contributed by atoms with Gasteiger partial charge in [0.05, 0.1) is 12.5 Å². The van der Waals surface area contributed by atoms with Crippen molar-refractivity contribution in [3.05, 3.63) is 66.6 Å². The van der Waals surface area contributed by atoms with Crippen molar-refractivity contribution in [3.63, 3.8) is 0 Å². The quantitative estimate of drug-likeness (QED) is 0.539. The predicted octanol–water partition coefficient (Wildman–Crippen LogP) is 4.31. The van der Waals surface area contributed by atoms with Gasteiger partial charge in [-0.2, -0.15) is 0 Å². The Morgan fingerprint density at radius 1 is 1.00 bits per heavy atom. The number of furan rings is 1. The van der Waals surface area contributed by atoms with Crippen LogP contribution in [-0.4, -0.2) is 12.3 Å². The van der Waals surface area contributed by atoms with Gasteiger partial charge in [0.2, 0.25) is 0 Å². The number of nitrogens with one attached hydrogen (secondary N) is 1. The van der Waals surface area contributed by atoms with Crippen molar-refractivity contribution < 1.29 is 4.42 Å². The highest BCUT2D eigenvalue weighted by Gasteiger charge is 1.98. The van der Waals surface area contributed by atoms with Gasteiger partial charge in [0.1, 0.15) is 0 Å². The van der Waals surface area contributed by atoms with Crippen molar-refractivity contribution in [1.29, 1.82) is 0 Å². The lowest BCUT2D eigenvalue weighted by molar-refractivity contribution is 0.561. The van der Waals surface area contributed by atoms with Crippen LogP contribution in [-0.2, 0) is 6.54 Å². The summed E-state index contributed by atoms with van der Waals surface area (Å²) in [7, 11) is 0. The summed E-state index contributed by atoms with van der Waals surface area (Å²) >= 11 is 1.89. The van der Waals surface area contributed by atoms with Gasteiger partial charge in [0, 0.05) is 29.3 Å². The van der Waals surface area contributed by atoms with Crippen molar-refractivity contribution in [2.24, 2.45) is 0 Å². The topological polar surface area (TPSA) is 25.2 Å². The van der Waals surface area contributed by atoms with Gasteiger partial charge in [0.15, 0.2) is 0 Å². The van der Waals surface area contributed by atoms with Gasteiger partial charge in [-0.15, -0.1) is 11.8 Å². The van der Waals surface area contributed by atoms with E-state index < -0.39 is 0 Å². The molecular formula is C17H17NOS. The van der Waals surface area contributed by atoms with Crippen molar-refractivity contribution in [3.8, 4) is 0 Å². The number of hydrogen-bond acceptors (Lipinski definition) is 3. The lowest BCUT2D eigenvalue weighted by atomic mass is 10.1. The summed E-state index contributed by atoms with van der Waals surface area (Å²) in [6.07, 6.45) is 3.49. The maximum atomic E-state index is 5.04. The summed E-state index contributed by atoms with van der Waals surface area (Å²) in [5.74, 6) is 1.07. The van der Waals surface area contributed by atoms with Crippen LogP contribution >= 0.6 is 11.8 Å². The second-order valence-corrected chi connectivity index (χ2v) is 5.83. The standard InChI is InChI=1S/C17H17NOS/c1-2-4-16-11-17(6-5-15(16)3-1)20-10-8-18-12-14-7-9-19-13-14/h1-7,9,11,13,18H,8,10,12H2. The van der Waals surface area contributed by atoms with E-state index >= 15 is 0 Å². The molecule has 0 radical (unpaired) electrons. The maximum Gasteiger partial charge on any atom is 0.0947 e. The van der Waals surface area contributed by atoms with Crippen molar-refractivity contribution >= 4 is 22.5 Å². The Morgan fingerprint density at radius 2 is 1.90 bits per heavy atom. The second-order valence-electron chi connectivity index (χ2n) is 4.67. The highest BCUT2D eigenvalue weighted by Crippen LogP contribution is 2.23. The Bertz CT molecular complexity index is 664. The molecule has 1 heterocycles. The highest BCUT2D eigenvalue weighted by atomic mass is 32.2. The van der Waals surface area contributed by atoms with E-state index in [4.69, 9.17) is 4.42 Å². The fourth-order valence-corrected chi connectivity index (χ4v) is 2.98. The van der Waals surface area contributed by atoms with E-state index in [0.29, 0.717) is 0 Å². The number of fused-ring (bicyclic) bond motifs is 1. The lowest BCUT2D eigenvalue weighted by Crippen LogP contribution is -2.15. The summed E-state index contributed by atoms with van der Waals surface area (Å²) in [5.41, 5.74) is 1.20. The van der Waals surface area contributed by atoms with Gasteiger partial charge in [-0.25, -0.2) is 0 Å². The number of rotatable bonds is 6. The molecule has 0 aliphatic heterocycles. The molecule has 0 aliphatic rings. The second kappa shape index (κ2) is 6.64. The predicted molar refractivity (Wildman–Crippen MR) is 85.1 cm³/mol. The van der Waals surface area contributed by atoms with E-state index in [9.17, 15) is 0 Å². The van der Waals surface area contributed by atoms with Crippen LogP contribution in [0.4, 0.5) is 0 Å². The zero-order valence-electron chi connectivity index (χ0n) is 11.2. The highest BCUT2D eigenvalue weighted by molar-refractivity contribution is 7.99. The van der Waals surface area contributed by atoms with Crippen molar-refractivity contribution in [2.75, 3.05) is 12.3 Å². The van der Waals surface area contributed by atoms with E-state index in [1.165, 1.54) is 21.2 Å². The summed E-state index contributed by atoms with van der Waals surface area (Å²) in [4.78, 5) is 1.33. The molecule has 0 aliphatic carbocycles. The summed E-state index contributed by atoms with van der Waals surface area (Å²) in [6, 6.07) is 17.1. The van der Waals surface area contributed by atoms with Gasteiger partial charge in [0.25, 0.3) is 0 Å². The number of benzene rings is 2. The normalized spacial score (nSPS) is 11.0. The minimum atomic E-state index is 0.870. The molecule has 0 spiro atoms. The maximum absolute atomic E-state index is 5.04. The molecule has 3 rings (SSSR count). The summed E-state index contributed by atoms with van der Waals surface area (Å²) in [6.45, 7) is 1.86. The average molecular weight is 283 g/mol. The first-order chi connectivity index (χ1) is 9.92. The average Bonchev–Trinajstić information content (AvgIpc) is 3.00. The Labute approximate surface area is 123 Å². The molecule has 0 saturated heterocycles. The molecular weight excluding hydrogens is 266 g/mol. The SMILES string of the molecule is c1ccc2cc(SCCNCc3ccoc3)ccc2c1. The van der Waals surface area contributed by atoms with Crippen LogP contribution in [0.15, 0.2) is 70.4 Å². The molecule has 2 nitrogen and oxygen atoms in total. The molecule has 0 unspecified atom stereocenters. The Kier molecular flexibility index (Phi) is 4.41. The molecule has 20 heavy (non-hydrogen) atoms. The fourth-order valence-electron chi connectivity index (χ4n) is 2.12. The molecule has 0 saturated carbocycles. The molecule has 3 aromatic rings. The lowest BCUT2D eigenvalue weighted by Gasteiger charge is -2.05. The van der Waals surface area contributed by atoms with Crippen LogP contribution in [0.2, 0.25) is 0 Å². The van der Waals surface area contributed by atoms with Crippen LogP contribution in [0, 0.1) is 0 Å². The minimum absolute atomic E-state index is 0.870. The summed E-state index contributed by atoms with van der Waals surface area (Å²) in [5, 5.41) is 6.02. The molecule has 3 heteroatoms. The molecule has 102 valence electrons. The third kappa shape index (κ3) is 3.44. The molecule has 1 aromatic heterocycles. The van der Waals surface area contributed by atoms with Gasteiger partial charge < -0.3 is 9.73 Å². The number of hydrogen-bond donors (Lipinski definition) is 1. The van der Waals surface area contributed by atoms with E-state index in [0.717, 1.165) is 18.8 Å². The van der Waals surface area contributed by atoms with Gasteiger partial charge in [-0.3, -0.25) is 0 Å². The van der Waals surface area contributed by atoms with Crippen molar-refractivity contribution in [2.45, 2.75) is 11.4 Å². The first-order valence-corrected chi connectivity index (χ1v) is 7.74. The van der Waals surface area contributed by atoms with Crippen LogP contribution in [0.25, 0.3) is 10.8 Å². The molecule has 0 amide bonds. The third-order valence-electron chi connectivity index (χ3n) is 3.18. The molecule has 2 aromatic carbocycles. The van der Waals surface area contributed by atoms with E-state index in [2.05, 4.69) is 47.8 Å². The van der Waals surface area contributed by atoms with Crippen LogP contribution in [0.1, 0.15) is 5.56 Å². The molecule has 0 bridgehead atoms. The van der Waals surface area contributed by atoms with Gasteiger partial charge in [-0.05, 0) is 29.0 Å². The van der Waals surface area contributed by atoms with Gasteiger partial charge in [-0.1, -0.05) is 30.3 Å². The zero-order valence-corrected chi connectivity index (χ0v) is 12.0. The van der Waals surface area contributed by atoms with Crippen LogP contribution in [0.3, 0.4) is 0 Å². The van der Waals surface area contributed by atoms with Crippen LogP contribution < -0.4 is 5.32 Å².